The normalized spacial score (nSPS) is 31.1. The lowest BCUT2D eigenvalue weighted by Gasteiger charge is -2.13. The molecular formula is C8H14ClN5O4. The minimum Gasteiger partial charge on any atom is -0.394 e. The number of nitrogens with one attached hydrogen (secondary N) is 1. The summed E-state index contributed by atoms with van der Waals surface area (Å²) < 4.78 is 6.37. The number of nitrogen functional groups attached to an aromatic ring is 1. The summed E-state index contributed by atoms with van der Waals surface area (Å²) in [6, 6.07) is 0. The Balaban J connectivity index is 0.00000162. The van der Waals surface area contributed by atoms with Crippen molar-refractivity contribution >= 4 is 18.2 Å². The maximum Gasteiger partial charge on any atom is 0.215 e. The zero-order chi connectivity index (χ0) is 12.6. The quantitative estimate of drug-likeness (QED) is 0.305. The number of hydrogen-bond acceptors (Lipinski definition) is 7. The highest BCUT2D eigenvalue weighted by atomic mass is 35.5. The van der Waals surface area contributed by atoms with E-state index in [1.54, 1.807) is 0 Å². The lowest BCUT2D eigenvalue weighted by molar-refractivity contribution is -0.0588. The molecule has 1 aromatic heterocycles. The molecule has 9 nitrogen and oxygen atoms in total. The van der Waals surface area contributed by atoms with Crippen LogP contribution in [0.5, 0.6) is 0 Å². The van der Waals surface area contributed by atoms with Gasteiger partial charge in [-0.1, -0.05) is 0 Å². The minimum atomic E-state index is -1.23. The number of ether oxygens (including phenoxy) is 1. The Morgan fingerprint density at radius 1 is 1.50 bits per heavy atom. The average molecular weight is 280 g/mol. The van der Waals surface area contributed by atoms with Gasteiger partial charge in [0.2, 0.25) is 5.82 Å². The Bertz CT molecular complexity index is 427. The van der Waals surface area contributed by atoms with Crippen molar-refractivity contribution in [3.8, 4) is 0 Å². The predicted octanol–water partition coefficient (Wildman–Crippen LogP) is -2.40. The number of hydrogen-bond donors (Lipinski definition) is 5. The van der Waals surface area contributed by atoms with E-state index in [2.05, 4.69) is 10.1 Å². The van der Waals surface area contributed by atoms with E-state index in [0.717, 1.165) is 4.68 Å². The Labute approximate surface area is 108 Å². The second-order valence-corrected chi connectivity index (χ2v) is 3.69. The molecule has 0 amide bonds. The summed E-state index contributed by atoms with van der Waals surface area (Å²) in [5.74, 6) is -0.307. The topological polar surface area (TPSA) is 150 Å². The number of aromatic nitrogens is 3. The second kappa shape index (κ2) is 5.59. The van der Waals surface area contributed by atoms with Crippen molar-refractivity contribution in [2.75, 3.05) is 6.61 Å². The van der Waals surface area contributed by atoms with Crippen LogP contribution in [0.1, 0.15) is 12.1 Å². The molecule has 102 valence electrons. The molecule has 0 saturated carbocycles. The van der Waals surface area contributed by atoms with Crippen LogP contribution in [0.25, 0.3) is 0 Å². The molecule has 1 aliphatic heterocycles. The lowest BCUT2D eigenvalue weighted by atomic mass is 10.1. The van der Waals surface area contributed by atoms with Gasteiger partial charge in [-0.15, -0.1) is 17.5 Å². The molecule has 2 heterocycles. The monoisotopic (exact) mass is 279 g/mol. The molecule has 6 N–H and O–H groups in total. The molecule has 0 aliphatic carbocycles. The van der Waals surface area contributed by atoms with E-state index in [1.165, 1.54) is 6.33 Å². The molecule has 0 bridgehead atoms. The molecule has 1 aromatic rings. The number of rotatable bonds is 3. The third kappa shape index (κ3) is 2.44. The number of aliphatic hydroxyl groups is 3. The number of nitrogens with two attached hydrogens (primary N) is 1. The number of halogens is 1. The number of amidine groups is 1. The predicted molar refractivity (Wildman–Crippen MR) is 61.3 cm³/mol. The van der Waals surface area contributed by atoms with Crippen LogP contribution in [0.3, 0.4) is 0 Å². The van der Waals surface area contributed by atoms with Crippen molar-refractivity contribution in [3.63, 3.8) is 0 Å². The van der Waals surface area contributed by atoms with Crippen LogP contribution in [0.2, 0.25) is 0 Å². The van der Waals surface area contributed by atoms with Gasteiger partial charge in [-0.2, -0.15) is 0 Å². The maximum absolute atomic E-state index is 9.70. The zero-order valence-electron chi connectivity index (χ0n) is 9.17. The Kier molecular flexibility index (Phi) is 4.59. The molecular weight excluding hydrogens is 266 g/mol. The van der Waals surface area contributed by atoms with Gasteiger partial charge in [0.1, 0.15) is 24.6 Å². The Morgan fingerprint density at radius 3 is 2.61 bits per heavy atom. The van der Waals surface area contributed by atoms with Crippen molar-refractivity contribution in [2.45, 2.75) is 24.5 Å². The third-order valence-electron chi connectivity index (χ3n) is 2.53. The third-order valence-corrected chi connectivity index (χ3v) is 2.53. The van der Waals surface area contributed by atoms with E-state index in [1.807, 2.05) is 0 Å². The van der Waals surface area contributed by atoms with Crippen molar-refractivity contribution in [1.29, 1.82) is 5.41 Å². The first-order chi connectivity index (χ1) is 8.04. The molecule has 1 fully saturated rings. The first-order valence-corrected chi connectivity index (χ1v) is 4.92. The van der Waals surface area contributed by atoms with Crippen LogP contribution < -0.4 is 5.73 Å². The number of aliphatic hydroxyl groups excluding tert-OH is 3. The van der Waals surface area contributed by atoms with E-state index in [-0.39, 0.29) is 24.1 Å². The molecule has 1 saturated heterocycles. The smallest absolute Gasteiger partial charge is 0.215 e. The van der Waals surface area contributed by atoms with Crippen molar-refractivity contribution in [1.82, 2.24) is 14.8 Å². The second-order valence-electron chi connectivity index (χ2n) is 3.69. The first-order valence-electron chi connectivity index (χ1n) is 4.92. The van der Waals surface area contributed by atoms with Gasteiger partial charge in [-0.3, -0.25) is 5.41 Å². The highest BCUT2D eigenvalue weighted by molar-refractivity contribution is 5.90. The van der Waals surface area contributed by atoms with Crippen molar-refractivity contribution < 1.29 is 20.1 Å². The van der Waals surface area contributed by atoms with Gasteiger partial charge in [-0.05, 0) is 0 Å². The summed E-state index contributed by atoms with van der Waals surface area (Å²) in [5.41, 5.74) is 5.19. The van der Waals surface area contributed by atoms with Crippen LogP contribution in [-0.2, 0) is 4.74 Å². The van der Waals surface area contributed by atoms with Crippen molar-refractivity contribution in [3.05, 3.63) is 12.2 Å². The molecule has 4 atom stereocenters. The fraction of sp³-hybridized carbons (Fsp3) is 0.625. The molecule has 4 unspecified atom stereocenters. The molecule has 10 heteroatoms. The van der Waals surface area contributed by atoms with Crippen molar-refractivity contribution in [2.24, 2.45) is 5.73 Å². The highest BCUT2D eigenvalue weighted by Gasteiger charge is 2.43. The van der Waals surface area contributed by atoms with Crippen LogP contribution in [-0.4, -0.2) is 60.8 Å². The van der Waals surface area contributed by atoms with Crippen LogP contribution >= 0.6 is 12.4 Å². The van der Waals surface area contributed by atoms with Gasteiger partial charge in [0.05, 0.1) is 6.61 Å². The summed E-state index contributed by atoms with van der Waals surface area (Å²) in [7, 11) is 0. The van der Waals surface area contributed by atoms with Gasteiger partial charge in [0.15, 0.2) is 12.1 Å². The maximum atomic E-state index is 9.70. The van der Waals surface area contributed by atoms with E-state index < -0.39 is 31.1 Å². The Morgan fingerprint density at radius 2 is 2.17 bits per heavy atom. The fourth-order valence-electron chi connectivity index (χ4n) is 1.62. The molecule has 0 radical (unpaired) electrons. The van der Waals surface area contributed by atoms with Gasteiger partial charge < -0.3 is 25.8 Å². The molecule has 1 aliphatic rings. The van der Waals surface area contributed by atoms with E-state index in [4.69, 9.17) is 21.0 Å². The van der Waals surface area contributed by atoms with E-state index in [9.17, 15) is 10.2 Å². The number of nitrogens with zero attached hydrogens (tertiary/aromatic N) is 3. The fourth-order valence-corrected chi connectivity index (χ4v) is 1.62. The summed E-state index contributed by atoms with van der Waals surface area (Å²) in [5, 5.41) is 39.1. The summed E-state index contributed by atoms with van der Waals surface area (Å²) in [6.07, 6.45) is -3.02. The molecule has 0 spiro atoms. The average Bonchev–Trinajstić information content (AvgIpc) is 2.87. The van der Waals surface area contributed by atoms with Gasteiger partial charge in [-0.25, -0.2) is 9.67 Å². The highest BCUT2D eigenvalue weighted by Crippen LogP contribution is 2.28. The van der Waals surface area contributed by atoms with Gasteiger partial charge in [0.25, 0.3) is 0 Å². The molecule has 2 rings (SSSR count). The molecule has 18 heavy (non-hydrogen) atoms. The summed E-state index contributed by atoms with van der Waals surface area (Å²) in [4.78, 5) is 3.74. The van der Waals surface area contributed by atoms with Crippen LogP contribution in [0.4, 0.5) is 0 Å². The standard InChI is InChI=1S/C8H13N5O4.ClH/c9-6(10)7-11-2-13(12-7)8-5(16)4(15)3(1-14)17-8;/h2-5,8,14-16H,1H2,(H3,9,10);1H. The minimum absolute atomic E-state index is 0. The summed E-state index contributed by atoms with van der Waals surface area (Å²) in [6.45, 7) is -0.414. The summed E-state index contributed by atoms with van der Waals surface area (Å²) >= 11 is 0. The van der Waals surface area contributed by atoms with Gasteiger partial charge in [0, 0.05) is 0 Å². The van der Waals surface area contributed by atoms with Crippen LogP contribution in [0, 0.1) is 5.41 Å². The SMILES string of the molecule is Cl.N=C(N)c1ncn(C2OC(CO)C(O)C2O)n1. The molecule has 0 aromatic carbocycles. The Hall–Kier alpha value is -1.26. The van der Waals surface area contributed by atoms with E-state index in [0.29, 0.717) is 0 Å². The lowest BCUT2D eigenvalue weighted by Crippen LogP contribution is -2.33. The van der Waals surface area contributed by atoms with Gasteiger partial charge >= 0.3 is 0 Å². The first kappa shape index (κ1) is 14.8. The largest absolute Gasteiger partial charge is 0.394 e. The van der Waals surface area contributed by atoms with E-state index >= 15 is 0 Å². The van der Waals surface area contributed by atoms with Crippen LogP contribution in [0.15, 0.2) is 6.33 Å². The zero-order valence-corrected chi connectivity index (χ0v) is 9.99.